The summed E-state index contributed by atoms with van der Waals surface area (Å²) in [4.78, 5) is 2.44. The molecule has 12 heavy (non-hydrogen) atoms. The third-order valence-corrected chi connectivity index (χ3v) is 2.11. The molecule has 3 nitrogen and oxygen atoms in total. The van der Waals surface area contributed by atoms with Gasteiger partial charge in [0.25, 0.3) is 0 Å². The van der Waals surface area contributed by atoms with Gasteiger partial charge in [-0.1, -0.05) is 13.8 Å². The van der Waals surface area contributed by atoms with Crippen LogP contribution in [0, 0.1) is 5.92 Å². The van der Waals surface area contributed by atoms with Crippen LogP contribution in [-0.2, 0) is 4.74 Å². The lowest BCUT2D eigenvalue weighted by atomic mass is 10.2. The maximum Gasteiger partial charge on any atom is 0.0824 e. The predicted octanol–water partition coefficient (Wildman–Crippen LogP) is 0.302. The van der Waals surface area contributed by atoms with E-state index in [1.54, 1.807) is 0 Å². The third-order valence-electron chi connectivity index (χ3n) is 2.11. The van der Waals surface area contributed by atoms with E-state index in [2.05, 4.69) is 18.7 Å². The molecule has 2 N–H and O–H groups in total. The fraction of sp³-hybridized carbons (Fsp3) is 1.00. The van der Waals surface area contributed by atoms with Crippen molar-refractivity contribution in [1.82, 2.24) is 4.90 Å². The van der Waals surface area contributed by atoms with Gasteiger partial charge in [0.15, 0.2) is 0 Å². The number of hydrogen-bond acceptors (Lipinski definition) is 3. The van der Waals surface area contributed by atoms with Gasteiger partial charge in [-0.25, -0.2) is 0 Å². The van der Waals surface area contributed by atoms with Crippen LogP contribution in [0.1, 0.15) is 13.8 Å². The van der Waals surface area contributed by atoms with Crippen molar-refractivity contribution in [2.75, 3.05) is 32.8 Å². The molecular formula is C9H20N2O. The van der Waals surface area contributed by atoms with Crippen molar-refractivity contribution in [3.05, 3.63) is 0 Å². The number of hydrogen-bond donors (Lipinski definition) is 1. The van der Waals surface area contributed by atoms with E-state index in [0.717, 1.165) is 25.6 Å². The molecule has 0 unspecified atom stereocenters. The van der Waals surface area contributed by atoms with E-state index in [1.807, 2.05) is 0 Å². The van der Waals surface area contributed by atoms with Gasteiger partial charge in [-0.2, -0.15) is 0 Å². The minimum Gasteiger partial charge on any atom is -0.374 e. The number of morpholine rings is 1. The Kier molecular flexibility index (Phi) is 3.98. The molecule has 1 rings (SSSR count). The Labute approximate surface area is 74.9 Å². The largest absolute Gasteiger partial charge is 0.374 e. The summed E-state index contributed by atoms with van der Waals surface area (Å²) in [7, 11) is 0. The first-order valence-electron chi connectivity index (χ1n) is 4.76. The maximum atomic E-state index is 5.54. The Hall–Kier alpha value is -0.120. The molecule has 72 valence electrons. The first kappa shape index (κ1) is 9.96. The number of rotatable bonds is 3. The second-order valence-corrected chi connectivity index (χ2v) is 3.88. The third kappa shape index (κ3) is 3.09. The summed E-state index contributed by atoms with van der Waals surface area (Å²) in [6.45, 7) is 9.21. The molecule has 1 aliphatic rings. The van der Waals surface area contributed by atoms with Crippen molar-refractivity contribution in [1.29, 1.82) is 0 Å². The second kappa shape index (κ2) is 4.80. The minimum atomic E-state index is 0.262. The summed E-state index contributed by atoms with van der Waals surface area (Å²) in [5.74, 6) is 0.738. The zero-order valence-corrected chi connectivity index (χ0v) is 8.12. The summed E-state index contributed by atoms with van der Waals surface area (Å²) in [6.07, 6.45) is 0.262. The van der Waals surface area contributed by atoms with Crippen molar-refractivity contribution in [3.8, 4) is 0 Å². The Morgan fingerprint density at radius 1 is 1.58 bits per heavy atom. The molecule has 1 atom stereocenters. The average Bonchev–Trinajstić information content (AvgIpc) is 2.03. The summed E-state index contributed by atoms with van der Waals surface area (Å²) >= 11 is 0. The van der Waals surface area contributed by atoms with Crippen LogP contribution in [0.15, 0.2) is 0 Å². The predicted molar refractivity (Wildman–Crippen MR) is 50.1 cm³/mol. The molecule has 0 aromatic carbocycles. The zero-order valence-electron chi connectivity index (χ0n) is 8.12. The van der Waals surface area contributed by atoms with Crippen molar-refractivity contribution in [3.63, 3.8) is 0 Å². The fourth-order valence-corrected chi connectivity index (χ4v) is 1.61. The van der Waals surface area contributed by atoms with Crippen molar-refractivity contribution in [2.45, 2.75) is 20.0 Å². The highest BCUT2D eigenvalue weighted by atomic mass is 16.5. The molecule has 3 heteroatoms. The Morgan fingerprint density at radius 3 is 2.92 bits per heavy atom. The van der Waals surface area contributed by atoms with Crippen molar-refractivity contribution < 1.29 is 4.74 Å². The van der Waals surface area contributed by atoms with Crippen LogP contribution >= 0.6 is 0 Å². The van der Waals surface area contributed by atoms with Crippen LogP contribution in [0.25, 0.3) is 0 Å². The van der Waals surface area contributed by atoms with E-state index >= 15 is 0 Å². The van der Waals surface area contributed by atoms with Gasteiger partial charge in [-0.15, -0.1) is 0 Å². The van der Waals surface area contributed by atoms with Crippen LogP contribution in [0.2, 0.25) is 0 Å². The highest BCUT2D eigenvalue weighted by Gasteiger charge is 2.19. The Morgan fingerprint density at radius 2 is 2.33 bits per heavy atom. The van der Waals surface area contributed by atoms with E-state index in [0.29, 0.717) is 6.54 Å². The molecule has 0 spiro atoms. The van der Waals surface area contributed by atoms with Crippen molar-refractivity contribution in [2.24, 2.45) is 11.7 Å². The molecule has 0 aromatic heterocycles. The van der Waals surface area contributed by atoms with Crippen LogP contribution in [-0.4, -0.2) is 43.8 Å². The van der Waals surface area contributed by atoms with E-state index < -0.39 is 0 Å². The maximum absolute atomic E-state index is 5.54. The molecule has 0 aliphatic carbocycles. The average molecular weight is 172 g/mol. The first-order chi connectivity index (χ1) is 5.72. The Bertz CT molecular complexity index is 128. The molecule has 1 aliphatic heterocycles. The highest BCUT2D eigenvalue weighted by Crippen LogP contribution is 2.06. The lowest BCUT2D eigenvalue weighted by molar-refractivity contribution is -0.0263. The highest BCUT2D eigenvalue weighted by molar-refractivity contribution is 4.72. The smallest absolute Gasteiger partial charge is 0.0824 e. The van der Waals surface area contributed by atoms with E-state index in [1.165, 1.54) is 6.54 Å². The van der Waals surface area contributed by atoms with Crippen LogP contribution in [0.4, 0.5) is 0 Å². The van der Waals surface area contributed by atoms with Gasteiger partial charge < -0.3 is 10.5 Å². The molecule has 0 saturated carbocycles. The SMILES string of the molecule is CC(C)CN1CCO[C@H](CN)C1. The van der Waals surface area contributed by atoms with Crippen LogP contribution in [0.5, 0.6) is 0 Å². The first-order valence-corrected chi connectivity index (χ1v) is 4.76. The quantitative estimate of drug-likeness (QED) is 0.665. The molecule has 1 fully saturated rings. The number of ether oxygens (including phenoxy) is 1. The molecule has 0 radical (unpaired) electrons. The molecule has 0 aromatic rings. The van der Waals surface area contributed by atoms with Gasteiger partial charge in [0.1, 0.15) is 0 Å². The van der Waals surface area contributed by atoms with Gasteiger partial charge >= 0.3 is 0 Å². The molecule has 1 heterocycles. The normalized spacial score (nSPS) is 26.5. The summed E-state index contributed by atoms with van der Waals surface area (Å²) in [5, 5.41) is 0. The number of nitrogens with zero attached hydrogens (tertiary/aromatic N) is 1. The standard InChI is InChI=1S/C9H20N2O/c1-8(2)6-11-3-4-12-9(5-10)7-11/h8-9H,3-7,10H2,1-2H3/t9-/m1/s1. The summed E-state index contributed by atoms with van der Waals surface area (Å²) < 4.78 is 5.47. The second-order valence-electron chi connectivity index (χ2n) is 3.88. The van der Waals surface area contributed by atoms with Gasteiger partial charge in [0, 0.05) is 26.2 Å². The van der Waals surface area contributed by atoms with Crippen LogP contribution in [0.3, 0.4) is 0 Å². The lowest BCUT2D eigenvalue weighted by Crippen LogP contribution is -2.46. The number of nitrogens with two attached hydrogens (primary N) is 1. The summed E-state index contributed by atoms with van der Waals surface area (Å²) in [6, 6.07) is 0. The molecule has 1 saturated heterocycles. The molecule has 0 bridgehead atoms. The minimum absolute atomic E-state index is 0.262. The van der Waals surface area contributed by atoms with Gasteiger partial charge in [-0.3, -0.25) is 4.90 Å². The molecule has 0 amide bonds. The molecular weight excluding hydrogens is 152 g/mol. The van der Waals surface area contributed by atoms with Gasteiger partial charge in [0.2, 0.25) is 0 Å². The zero-order chi connectivity index (χ0) is 8.97. The Balaban J connectivity index is 2.25. The lowest BCUT2D eigenvalue weighted by Gasteiger charge is -2.33. The van der Waals surface area contributed by atoms with E-state index in [-0.39, 0.29) is 6.10 Å². The summed E-state index contributed by atoms with van der Waals surface area (Å²) in [5.41, 5.74) is 5.54. The monoisotopic (exact) mass is 172 g/mol. The van der Waals surface area contributed by atoms with Gasteiger partial charge in [-0.05, 0) is 5.92 Å². The van der Waals surface area contributed by atoms with E-state index in [4.69, 9.17) is 10.5 Å². The van der Waals surface area contributed by atoms with E-state index in [9.17, 15) is 0 Å². The van der Waals surface area contributed by atoms with Crippen LogP contribution < -0.4 is 5.73 Å². The fourth-order valence-electron chi connectivity index (χ4n) is 1.61. The van der Waals surface area contributed by atoms with Gasteiger partial charge in [0.05, 0.1) is 12.7 Å². The topological polar surface area (TPSA) is 38.5 Å². The van der Waals surface area contributed by atoms with Crippen molar-refractivity contribution >= 4 is 0 Å².